The van der Waals surface area contributed by atoms with Crippen LogP contribution >= 0.6 is 23.2 Å². The van der Waals surface area contributed by atoms with Crippen molar-refractivity contribution in [1.29, 1.82) is 0 Å². The molecule has 0 fully saturated rings. The lowest BCUT2D eigenvalue weighted by molar-refractivity contribution is -0.387. The van der Waals surface area contributed by atoms with E-state index in [1.165, 1.54) is 18.2 Å². The van der Waals surface area contributed by atoms with Crippen LogP contribution in [0.5, 0.6) is 0 Å². The predicted molar refractivity (Wildman–Crippen MR) is 115 cm³/mol. The van der Waals surface area contributed by atoms with E-state index < -0.39 is 21.4 Å². The number of hydrogen-bond donors (Lipinski definition) is 1. The van der Waals surface area contributed by atoms with Crippen LogP contribution < -0.4 is 5.32 Å². The second kappa shape index (κ2) is 10.5. The summed E-state index contributed by atoms with van der Waals surface area (Å²) in [5.41, 5.74) is 2.13. The predicted octanol–water partition coefficient (Wildman–Crippen LogP) is 6.56. The van der Waals surface area contributed by atoms with Gasteiger partial charge >= 0.3 is 5.69 Å². The molecule has 3 rings (SSSR count). The molecule has 0 saturated heterocycles. The van der Waals surface area contributed by atoms with Gasteiger partial charge in [0.1, 0.15) is 5.69 Å². The van der Waals surface area contributed by atoms with Crippen molar-refractivity contribution in [1.82, 2.24) is 0 Å². The van der Waals surface area contributed by atoms with Gasteiger partial charge in [0.15, 0.2) is 0 Å². The molecule has 0 aromatic heterocycles. The van der Waals surface area contributed by atoms with Crippen molar-refractivity contribution in [2.24, 2.45) is 0 Å². The molecule has 0 unspecified atom stereocenters. The minimum Gasteiger partial charge on any atom is -0.375 e. The maximum atomic E-state index is 12.6. The normalized spacial score (nSPS) is 10.0. The first-order valence-electron chi connectivity index (χ1n) is 8.50. The molecule has 30 heavy (non-hydrogen) atoms. The van der Waals surface area contributed by atoms with Crippen LogP contribution in [0, 0.1) is 33.0 Å². The molecule has 0 amide bonds. The molecule has 0 saturated carbocycles. The Labute approximate surface area is 181 Å². The van der Waals surface area contributed by atoms with Crippen LogP contribution in [0.1, 0.15) is 11.1 Å². The van der Waals surface area contributed by atoms with Gasteiger partial charge in [-0.1, -0.05) is 47.5 Å². The van der Waals surface area contributed by atoms with Crippen LogP contribution in [0.3, 0.4) is 0 Å². The van der Waals surface area contributed by atoms with Crippen LogP contribution in [0.15, 0.2) is 60.7 Å². The molecule has 10 heteroatoms. The molecule has 0 spiro atoms. The van der Waals surface area contributed by atoms with Crippen molar-refractivity contribution in [3.8, 4) is 0 Å². The van der Waals surface area contributed by atoms with Gasteiger partial charge in [0, 0.05) is 28.7 Å². The lowest BCUT2D eigenvalue weighted by Crippen LogP contribution is -2.03. The molecular weight excluding hydrogens is 436 g/mol. The van der Waals surface area contributed by atoms with E-state index in [-0.39, 0.29) is 10.7 Å². The fourth-order valence-electron chi connectivity index (χ4n) is 2.44. The Morgan fingerprint density at radius 3 is 2.03 bits per heavy atom. The average molecular weight is 452 g/mol. The van der Waals surface area contributed by atoms with Crippen molar-refractivity contribution in [2.45, 2.75) is 13.5 Å². The van der Waals surface area contributed by atoms with E-state index in [0.29, 0.717) is 17.3 Å². The summed E-state index contributed by atoms with van der Waals surface area (Å²) in [4.78, 5) is 19.8. The number of anilines is 1. The van der Waals surface area contributed by atoms with E-state index in [0.717, 1.165) is 23.3 Å². The van der Waals surface area contributed by atoms with Gasteiger partial charge in [0.2, 0.25) is 5.82 Å². The molecule has 3 aromatic rings. The van der Waals surface area contributed by atoms with Crippen molar-refractivity contribution in [3.05, 3.63) is 108 Å². The van der Waals surface area contributed by atoms with Crippen molar-refractivity contribution < 1.29 is 14.2 Å². The Hall–Kier alpha value is -3.23. The Bertz CT molecular complexity index is 1080. The Morgan fingerprint density at radius 2 is 1.47 bits per heavy atom. The molecule has 0 aliphatic carbocycles. The number of nitrogens with one attached hydrogen (secondary N) is 1. The van der Waals surface area contributed by atoms with Crippen LogP contribution in [-0.4, -0.2) is 9.85 Å². The number of nitro groups is 2. The average Bonchev–Trinajstić information content (AvgIpc) is 2.67. The number of nitrogens with zero attached hydrogens (tertiary/aromatic N) is 2. The maximum absolute atomic E-state index is 12.6. The Balaban J connectivity index is 0.000000248. The zero-order valence-corrected chi connectivity index (χ0v) is 17.2. The first-order valence-corrected chi connectivity index (χ1v) is 9.26. The van der Waals surface area contributed by atoms with Crippen molar-refractivity contribution in [2.75, 3.05) is 5.32 Å². The highest BCUT2D eigenvalue weighted by Crippen LogP contribution is 2.28. The zero-order valence-electron chi connectivity index (χ0n) is 15.6. The van der Waals surface area contributed by atoms with Crippen LogP contribution in [-0.2, 0) is 6.54 Å². The summed E-state index contributed by atoms with van der Waals surface area (Å²) in [6, 6.07) is 15.6. The molecule has 156 valence electrons. The summed E-state index contributed by atoms with van der Waals surface area (Å²) in [6.45, 7) is 2.53. The third kappa shape index (κ3) is 6.40. The van der Waals surface area contributed by atoms with E-state index in [4.69, 9.17) is 23.2 Å². The van der Waals surface area contributed by atoms with Gasteiger partial charge in [-0.05, 0) is 42.3 Å². The summed E-state index contributed by atoms with van der Waals surface area (Å²) in [5.74, 6) is -0.914. The van der Waals surface area contributed by atoms with E-state index in [1.54, 1.807) is 6.07 Å². The monoisotopic (exact) mass is 451 g/mol. The molecule has 0 aliphatic heterocycles. The van der Waals surface area contributed by atoms with Gasteiger partial charge in [0.25, 0.3) is 5.69 Å². The summed E-state index contributed by atoms with van der Waals surface area (Å²) >= 11 is 11.2. The van der Waals surface area contributed by atoms with Crippen LogP contribution in [0.4, 0.5) is 21.5 Å². The van der Waals surface area contributed by atoms with Crippen molar-refractivity contribution >= 4 is 40.3 Å². The summed E-state index contributed by atoms with van der Waals surface area (Å²) < 4.78 is 12.6. The third-order valence-electron chi connectivity index (χ3n) is 3.99. The van der Waals surface area contributed by atoms with Crippen LogP contribution in [0.25, 0.3) is 0 Å². The largest absolute Gasteiger partial charge is 0.375 e. The SMILES string of the molecule is Cc1ccccc1CNc1cc(Cl)ccc1[N+](=O)[O-].O=[N+]([O-])c1ccc(Cl)cc1F. The van der Waals surface area contributed by atoms with E-state index in [9.17, 15) is 24.6 Å². The number of aryl methyl sites for hydroxylation is 1. The number of halogens is 3. The highest BCUT2D eigenvalue weighted by atomic mass is 35.5. The third-order valence-corrected chi connectivity index (χ3v) is 4.46. The van der Waals surface area contributed by atoms with Gasteiger partial charge in [-0.15, -0.1) is 0 Å². The second-order valence-corrected chi connectivity index (χ2v) is 6.92. The lowest BCUT2D eigenvalue weighted by Gasteiger charge is -2.09. The minimum atomic E-state index is -0.914. The number of benzene rings is 3. The molecule has 1 N–H and O–H groups in total. The summed E-state index contributed by atoms with van der Waals surface area (Å²) in [6.07, 6.45) is 0. The molecule has 3 aromatic carbocycles. The van der Waals surface area contributed by atoms with Gasteiger partial charge in [0.05, 0.1) is 9.85 Å². The van der Waals surface area contributed by atoms with Gasteiger partial charge in [-0.2, -0.15) is 4.39 Å². The number of nitro benzene ring substituents is 2. The molecule has 0 bridgehead atoms. The summed E-state index contributed by atoms with van der Waals surface area (Å²) in [5, 5.41) is 24.7. The molecule has 0 atom stereocenters. The smallest absolute Gasteiger partial charge is 0.304 e. The second-order valence-electron chi connectivity index (χ2n) is 6.05. The first kappa shape index (κ1) is 23.1. The zero-order chi connectivity index (χ0) is 22.3. The van der Waals surface area contributed by atoms with Gasteiger partial charge in [-0.25, -0.2) is 0 Å². The topological polar surface area (TPSA) is 98.3 Å². The first-order chi connectivity index (χ1) is 14.2. The van der Waals surface area contributed by atoms with E-state index in [2.05, 4.69) is 5.32 Å². The van der Waals surface area contributed by atoms with Crippen LogP contribution in [0.2, 0.25) is 10.0 Å². The lowest BCUT2D eigenvalue weighted by atomic mass is 10.1. The Morgan fingerprint density at radius 1 is 0.900 bits per heavy atom. The standard InChI is InChI=1S/C14H13ClN2O2.C6H3ClFNO2/c1-10-4-2-3-5-11(10)9-16-13-8-12(15)6-7-14(13)17(18)19;7-4-1-2-6(9(10)11)5(8)3-4/h2-8,16H,9H2,1H3;1-3H. The Kier molecular flexibility index (Phi) is 8.08. The molecule has 0 aliphatic rings. The number of rotatable bonds is 5. The maximum Gasteiger partial charge on any atom is 0.304 e. The molecule has 0 radical (unpaired) electrons. The van der Waals surface area contributed by atoms with E-state index in [1.807, 2.05) is 31.2 Å². The van der Waals surface area contributed by atoms with E-state index >= 15 is 0 Å². The highest BCUT2D eigenvalue weighted by Gasteiger charge is 2.14. The fourth-order valence-corrected chi connectivity index (χ4v) is 2.77. The summed E-state index contributed by atoms with van der Waals surface area (Å²) in [7, 11) is 0. The molecule has 7 nitrogen and oxygen atoms in total. The molecule has 0 heterocycles. The molecular formula is C20H16Cl2FN3O4. The van der Waals surface area contributed by atoms with Gasteiger partial charge in [-0.3, -0.25) is 20.2 Å². The minimum absolute atomic E-state index is 0.0259. The quantitative estimate of drug-likeness (QED) is 0.349. The van der Waals surface area contributed by atoms with Gasteiger partial charge < -0.3 is 5.32 Å². The van der Waals surface area contributed by atoms with Crippen molar-refractivity contribution in [3.63, 3.8) is 0 Å². The fraction of sp³-hybridized carbons (Fsp3) is 0.100. The highest BCUT2D eigenvalue weighted by molar-refractivity contribution is 6.31. The number of hydrogen-bond acceptors (Lipinski definition) is 5.